The molecule has 1 unspecified atom stereocenters. The lowest BCUT2D eigenvalue weighted by atomic mass is 10.1. The molecule has 1 saturated heterocycles. The van der Waals surface area contributed by atoms with Crippen molar-refractivity contribution < 1.29 is 4.74 Å². The Bertz CT molecular complexity index is 358. The van der Waals surface area contributed by atoms with Crippen LogP contribution >= 0.6 is 0 Å². The molecule has 1 N–H and O–H groups in total. The van der Waals surface area contributed by atoms with Gasteiger partial charge in [0.15, 0.2) is 0 Å². The van der Waals surface area contributed by atoms with E-state index in [1.807, 2.05) is 7.05 Å². The maximum Gasteiger partial charge on any atom is 0.0702 e. The first-order chi connectivity index (χ1) is 9.31. The van der Waals surface area contributed by atoms with Crippen molar-refractivity contribution in [3.63, 3.8) is 0 Å². The Kier molecular flexibility index (Phi) is 5.83. The van der Waals surface area contributed by atoms with E-state index in [9.17, 15) is 0 Å². The zero-order chi connectivity index (χ0) is 13.5. The van der Waals surface area contributed by atoms with Gasteiger partial charge in [0.05, 0.1) is 6.10 Å². The fourth-order valence-corrected chi connectivity index (χ4v) is 2.61. The van der Waals surface area contributed by atoms with Crippen molar-refractivity contribution in [3.05, 3.63) is 35.4 Å². The van der Waals surface area contributed by atoms with E-state index in [0.29, 0.717) is 6.10 Å². The molecule has 0 saturated carbocycles. The number of hydrogen-bond donors (Lipinski definition) is 1. The fraction of sp³-hybridized carbons (Fsp3) is 0.625. The van der Waals surface area contributed by atoms with Gasteiger partial charge in [-0.15, -0.1) is 0 Å². The highest BCUT2D eigenvalue weighted by atomic mass is 16.5. The van der Waals surface area contributed by atoms with Crippen LogP contribution in [0.2, 0.25) is 0 Å². The SMILES string of the molecule is CCN(Cc1ccc(CNC)cc1)CC1CCCO1. The summed E-state index contributed by atoms with van der Waals surface area (Å²) >= 11 is 0. The van der Waals surface area contributed by atoms with Crippen molar-refractivity contribution in [2.24, 2.45) is 0 Å². The molecule has 1 atom stereocenters. The second-order valence-electron chi connectivity index (χ2n) is 5.31. The lowest BCUT2D eigenvalue weighted by Crippen LogP contribution is -2.31. The van der Waals surface area contributed by atoms with E-state index in [0.717, 1.165) is 32.8 Å². The average Bonchev–Trinajstić information content (AvgIpc) is 2.93. The van der Waals surface area contributed by atoms with Gasteiger partial charge in [-0.1, -0.05) is 31.2 Å². The predicted molar refractivity (Wildman–Crippen MR) is 79.1 cm³/mol. The number of hydrogen-bond acceptors (Lipinski definition) is 3. The topological polar surface area (TPSA) is 24.5 Å². The zero-order valence-corrected chi connectivity index (χ0v) is 12.2. The second-order valence-corrected chi connectivity index (χ2v) is 5.31. The van der Waals surface area contributed by atoms with Gasteiger partial charge in [0, 0.05) is 26.2 Å². The van der Waals surface area contributed by atoms with E-state index in [1.54, 1.807) is 0 Å². The standard InChI is InChI=1S/C16H26N2O/c1-3-18(13-16-5-4-10-19-16)12-15-8-6-14(7-9-15)11-17-2/h6-9,16-17H,3-5,10-13H2,1-2H3. The van der Waals surface area contributed by atoms with Crippen LogP contribution < -0.4 is 5.32 Å². The molecular formula is C16H26N2O. The maximum atomic E-state index is 5.72. The van der Waals surface area contributed by atoms with Gasteiger partial charge in [-0.2, -0.15) is 0 Å². The lowest BCUT2D eigenvalue weighted by molar-refractivity contribution is 0.0725. The summed E-state index contributed by atoms with van der Waals surface area (Å²) in [5.74, 6) is 0. The van der Waals surface area contributed by atoms with Crippen molar-refractivity contribution in [1.82, 2.24) is 10.2 Å². The normalized spacial score (nSPS) is 19.2. The van der Waals surface area contributed by atoms with Gasteiger partial charge in [-0.3, -0.25) is 4.90 Å². The summed E-state index contributed by atoms with van der Waals surface area (Å²) in [5.41, 5.74) is 2.73. The zero-order valence-electron chi connectivity index (χ0n) is 12.2. The Labute approximate surface area is 116 Å². The third-order valence-electron chi connectivity index (χ3n) is 3.74. The van der Waals surface area contributed by atoms with E-state index in [4.69, 9.17) is 4.74 Å². The molecule has 2 rings (SSSR count). The van der Waals surface area contributed by atoms with Crippen LogP contribution in [0.15, 0.2) is 24.3 Å². The molecule has 0 radical (unpaired) electrons. The van der Waals surface area contributed by atoms with Crippen LogP contribution in [-0.4, -0.2) is 37.7 Å². The van der Waals surface area contributed by atoms with E-state index in [1.165, 1.54) is 24.0 Å². The minimum atomic E-state index is 0.448. The van der Waals surface area contributed by atoms with Gasteiger partial charge >= 0.3 is 0 Å². The molecule has 3 nitrogen and oxygen atoms in total. The van der Waals surface area contributed by atoms with Crippen LogP contribution in [0.3, 0.4) is 0 Å². The van der Waals surface area contributed by atoms with Crippen LogP contribution in [0.4, 0.5) is 0 Å². The van der Waals surface area contributed by atoms with E-state index in [2.05, 4.69) is 41.4 Å². The smallest absolute Gasteiger partial charge is 0.0702 e. The molecule has 0 amide bonds. The van der Waals surface area contributed by atoms with Gasteiger partial charge in [-0.05, 0) is 37.6 Å². The van der Waals surface area contributed by atoms with Gasteiger partial charge in [0.1, 0.15) is 0 Å². The molecule has 1 aromatic carbocycles. The van der Waals surface area contributed by atoms with E-state index >= 15 is 0 Å². The molecule has 106 valence electrons. The molecule has 1 aliphatic rings. The second kappa shape index (κ2) is 7.63. The van der Waals surface area contributed by atoms with Crippen LogP contribution in [-0.2, 0) is 17.8 Å². The highest BCUT2D eigenvalue weighted by Crippen LogP contribution is 2.15. The van der Waals surface area contributed by atoms with Crippen LogP contribution in [0.1, 0.15) is 30.9 Å². The summed E-state index contributed by atoms with van der Waals surface area (Å²) in [6, 6.07) is 8.91. The molecule has 0 bridgehead atoms. The van der Waals surface area contributed by atoms with Crippen LogP contribution in [0.5, 0.6) is 0 Å². The summed E-state index contributed by atoms with van der Waals surface area (Å²) < 4.78 is 5.72. The first-order valence-corrected chi connectivity index (χ1v) is 7.38. The third-order valence-corrected chi connectivity index (χ3v) is 3.74. The summed E-state index contributed by atoms with van der Waals surface area (Å²) in [7, 11) is 1.98. The maximum absolute atomic E-state index is 5.72. The molecule has 1 aromatic rings. The average molecular weight is 262 g/mol. The Morgan fingerprint density at radius 1 is 1.26 bits per heavy atom. The Morgan fingerprint density at radius 2 is 2.00 bits per heavy atom. The molecule has 1 heterocycles. The highest BCUT2D eigenvalue weighted by Gasteiger charge is 2.18. The van der Waals surface area contributed by atoms with Crippen LogP contribution in [0.25, 0.3) is 0 Å². The summed E-state index contributed by atoms with van der Waals surface area (Å²) in [6.45, 7) is 7.28. The van der Waals surface area contributed by atoms with Gasteiger partial charge < -0.3 is 10.1 Å². The summed E-state index contributed by atoms with van der Waals surface area (Å²) in [5, 5.41) is 3.18. The number of nitrogens with zero attached hydrogens (tertiary/aromatic N) is 1. The molecule has 19 heavy (non-hydrogen) atoms. The van der Waals surface area contributed by atoms with Crippen molar-refractivity contribution in [3.8, 4) is 0 Å². The molecule has 0 aromatic heterocycles. The third kappa shape index (κ3) is 4.60. The number of likely N-dealkylation sites (N-methyl/N-ethyl adjacent to an activating group) is 1. The van der Waals surface area contributed by atoms with Crippen molar-refractivity contribution in [1.29, 1.82) is 0 Å². The molecular weight excluding hydrogens is 236 g/mol. The first kappa shape index (κ1) is 14.5. The summed E-state index contributed by atoms with van der Waals surface area (Å²) in [6.07, 6.45) is 2.89. The lowest BCUT2D eigenvalue weighted by Gasteiger charge is -2.23. The number of ether oxygens (including phenoxy) is 1. The van der Waals surface area contributed by atoms with Gasteiger partial charge in [0.25, 0.3) is 0 Å². The largest absolute Gasteiger partial charge is 0.377 e. The number of rotatable bonds is 7. The van der Waals surface area contributed by atoms with Crippen molar-refractivity contribution in [2.45, 2.75) is 39.0 Å². The quantitative estimate of drug-likeness (QED) is 0.816. The number of nitrogens with one attached hydrogen (secondary N) is 1. The number of benzene rings is 1. The van der Waals surface area contributed by atoms with Crippen molar-refractivity contribution >= 4 is 0 Å². The first-order valence-electron chi connectivity index (χ1n) is 7.38. The van der Waals surface area contributed by atoms with E-state index < -0.39 is 0 Å². The molecule has 3 heteroatoms. The molecule has 1 fully saturated rings. The minimum Gasteiger partial charge on any atom is -0.377 e. The van der Waals surface area contributed by atoms with E-state index in [-0.39, 0.29) is 0 Å². The Hall–Kier alpha value is -0.900. The van der Waals surface area contributed by atoms with Gasteiger partial charge in [-0.25, -0.2) is 0 Å². The van der Waals surface area contributed by atoms with Crippen LogP contribution in [0, 0.1) is 0 Å². The Balaban J connectivity index is 1.86. The molecule has 0 aliphatic carbocycles. The fourth-order valence-electron chi connectivity index (χ4n) is 2.61. The predicted octanol–water partition coefficient (Wildman–Crippen LogP) is 2.41. The Morgan fingerprint density at radius 3 is 2.58 bits per heavy atom. The minimum absolute atomic E-state index is 0.448. The summed E-state index contributed by atoms with van der Waals surface area (Å²) in [4.78, 5) is 2.48. The van der Waals surface area contributed by atoms with Gasteiger partial charge in [0.2, 0.25) is 0 Å². The van der Waals surface area contributed by atoms with Crippen molar-refractivity contribution in [2.75, 3.05) is 26.7 Å². The monoisotopic (exact) mass is 262 g/mol. The highest BCUT2D eigenvalue weighted by molar-refractivity contribution is 5.22. The molecule has 1 aliphatic heterocycles. The molecule has 0 spiro atoms.